The molecule has 2 unspecified atom stereocenters. The smallest absolute Gasteiger partial charge is 0.407 e. The number of nitrogens with two attached hydrogens (primary N) is 1. The number of hydrogen-bond donors (Lipinski definition) is 4. The molecular formula is C26H28N2O4. The molecule has 0 aromatic heterocycles. The predicted molar refractivity (Wildman–Crippen MR) is 124 cm³/mol. The summed E-state index contributed by atoms with van der Waals surface area (Å²) in [5, 5.41) is 23.4. The molecule has 0 saturated carbocycles. The highest BCUT2D eigenvalue weighted by Gasteiger charge is 2.29. The van der Waals surface area contributed by atoms with E-state index in [-0.39, 0.29) is 25.5 Å². The molecule has 1 aliphatic rings. The van der Waals surface area contributed by atoms with Gasteiger partial charge in [0.05, 0.1) is 6.10 Å². The van der Waals surface area contributed by atoms with Crippen LogP contribution in [0.5, 0.6) is 0 Å². The number of aliphatic hydroxyl groups is 2. The summed E-state index contributed by atoms with van der Waals surface area (Å²) in [6.45, 7) is 2.25. The molecule has 0 spiro atoms. The third-order valence-electron chi connectivity index (χ3n) is 6.03. The van der Waals surface area contributed by atoms with E-state index < -0.39 is 18.3 Å². The fraction of sp³-hybridized carbons (Fsp3) is 0.269. The number of amides is 1. The van der Waals surface area contributed by atoms with Crippen LogP contribution in [0.25, 0.3) is 11.1 Å². The van der Waals surface area contributed by atoms with Gasteiger partial charge in [0.2, 0.25) is 0 Å². The number of aryl methyl sites for hydroxylation is 1. The van der Waals surface area contributed by atoms with Crippen LogP contribution < -0.4 is 11.1 Å². The van der Waals surface area contributed by atoms with Crippen molar-refractivity contribution < 1.29 is 19.7 Å². The van der Waals surface area contributed by atoms with Crippen LogP contribution in [0.4, 0.5) is 10.5 Å². The summed E-state index contributed by atoms with van der Waals surface area (Å²) in [6, 6.07) is 21.5. The summed E-state index contributed by atoms with van der Waals surface area (Å²) in [4.78, 5) is 12.2. The number of carbonyl (C=O) groups is 1. The molecule has 0 fully saturated rings. The number of anilines is 1. The molecular weight excluding hydrogens is 404 g/mol. The van der Waals surface area contributed by atoms with E-state index in [1.807, 2.05) is 31.2 Å². The molecule has 6 nitrogen and oxygen atoms in total. The summed E-state index contributed by atoms with van der Waals surface area (Å²) in [5.41, 5.74) is 12.4. The fourth-order valence-corrected chi connectivity index (χ4v) is 4.37. The first-order chi connectivity index (χ1) is 15.5. The third-order valence-corrected chi connectivity index (χ3v) is 6.03. The van der Waals surface area contributed by atoms with Gasteiger partial charge < -0.3 is 26.0 Å². The average Bonchev–Trinajstić information content (AvgIpc) is 3.11. The van der Waals surface area contributed by atoms with Gasteiger partial charge in [0.25, 0.3) is 0 Å². The lowest BCUT2D eigenvalue weighted by Gasteiger charge is -2.20. The molecule has 0 bridgehead atoms. The summed E-state index contributed by atoms with van der Waals surface area (Å²) in [7, 11) is 0. The first kappa shape index (κ1) is 21.9. The molecule has 2 atom stereocenters. The van der Waals surface area contributed by atoms with Crippen molar-refractivity contribution in [2.75, 3.05) is 18.9 Å². The minimum absolute atomic E-state index is 0.00550. The summed E-state index contributed by atoms with van der Waals surface area (Å²) < 4.78 is 5.49. The molecule has 3 aromatic carbocycles. The Kier molecular flexibility index (Phi) is 6.44. The third kappa shape index (κ3) is 4.47. The minimum Gasteiger partial charge on any atom is -0.449 e. The lowest BCUT2D eigenvalue weighted by atomic mass is 9.97. The lowest BCUT2D eigenvalue weighted by Crippen LogP contribution is -2.30. The number of ether oxygens (including phenoxy) is 1. The van der Waals surface area contributed by atoms with Crippen LogP contribution in [0.15, 0.2) is 66.7 Å². The van der Waals surface area contributed by atoms with E-state index in [0.29, 0.717) is 11.3 Å². The van der Waals surface area contributed by atoms with Crippen molar-refractivity contribution >= 4 is 11.8 Å². The Labute approximate surface area is 187 Å². The average molecular weight is 433 g/mol. The maximum atomic E-state index is 12.2. The minimum atomic E-state index is -1.06. The number of nitrogens with one attached hydrogen (secondary N) is 1. The molecule has 4 rings (SSSR count). The number of benzene rings is 3. The van der Waals surface area contributed by atoms with E-state index in [2.05, 4.69) is 29.6 Å². The van der Waals surface area contributed by atoms with Crippen LogP contribution in [0.2, 0.25) is 0 Å². The van der Waals surface area contributed by atoms with Crippen molar-refractivity contribution in [3.8, 4) is 11.1 Å². The molecule has 3 aromatic rings. The van der Waals surface area contributed by atoms with Crippen molar-refractivity contribution in [3.05, 3.63) is 89.0 Å². The SMILES string of the molecule is Cc1cc(N)ccc1C(O)C(O)CCNC(=O)OCC1c2ccccc2-c2ccccc21. The van der Waals surface area contributed by atoms with Gasteiger partial charge >= 0.3 is 6.09 Å². The Morgan fingerprint density at radius 1 is 1.03 bits per heavy atom. The quantitative estimate of drug-likeness (QED) is 0.424. The van der Waals surface area contributed by atoms with E-state index in [1.54, 1.807) is 18.2 Å². The molecule has 32 heavy (non-hydrogen) atoms. The summed E-state index contributed by atoms with van der Waals surface area (Å²) in [5.74, 6) is -0.00550. The van der Waals surface area contributed by atoms with Gasteiger partial charge in [-0.25, -0.2) is 4.79 Å². The van der Waals surface area contributed by atoms with Crippen LogP contribution in [0, 0.1) is 6.92 Å². The number of fused-ring (bicyclic) bond motifs is 3. The Balaban J connectivity index is 1.29. The largest absolute Gasteiger partial charge is 0.449 e. The number of nitrogen functional groups attached to an aromatic ring is 1. The first-order valence-electron chi connectivity index (χ1n) is 10.8. The summed E-state index contributed by atoms with van der Waals surface area (Å²) in [6.07, 6.45) is -2.43. The zero-order valence-corrected chi connectivity index (χ0v) is 18.0. The van der Waals surface area contributed by atoms with E-state index in [9.17, 15) is 15.0 Å². The molecule has 0 saturated heterocycles. The van der Waals surface area contributed by atoms with Crippen molar-refractivity contribution in [3.63, 3.8) is 0 Å². The normalized spacial score (nSPS) is 14.3. The van der Waals surface area contributed by atoms with E-state index in [0.717, 1.165) is 16.7 Å². The highest BCUT2D eigenvalue weighted by molar-refractivity contribution is 5.79. The molecule has 6 heteroatoms. The second-order valence-electron chi connectivity index (χ2n) is 8.17. The number of rotatable bonds is 7. The van der Waals surface area contributed by atoms with Gasteiger partial charge in [-0.2, -0.15) is 0 Å². The van der Waals surface area contributed by atoms with Crippen LogP contribution >= 0.6 is 0 Å². The van der Waals surface area contributed by atoms with Crippen molar-refractivity contribution in [1.82, 2.24) is 5.32 Å². The zero-order chi connectivity index (χ0) is 22.7. The first-order valence-corrected chi connectivity index (χ1v) is 10.8. The maximum Gasteiger partial charge on any atom is 0.407 e. The second kappa shape index (κ2) is 9.42. The van der Waals surface area contributed by atoms with Gasteiger partial charge in [0.15, 0.2) is 0 Å². The molecule has 1 aliphatic carbocycles. The van der Waals surface area contributed by atoms with E-state index in [1.165, 1.54) is 11.1 Å². The van der Waals surface area contributed by atoms with E-state index >= 15 is 0 Å². The Hall–Kier alpha value is -3.35. The van der Waals surface area contributed by atoms with Crippen LogP contribution in [-0.2, 0) is 4.74 Å². The Morgan fingerprint density at radius 3 is 2.28 bits per heavy atom. The Bertz CT molecular complexity index is 1070. The van der Waals surface area contributed by atoms with Gasteiger partial charge in [-0.3, -0.25) is 0 Å². The molecule has 166 valence electrons. The fourth-order valence-electron chi connectivity index (χ4n) is 4.37. The number of aliphatic hydroxyl groups excluding tert-OH is 2. The molecule has 5 N–H and O–H groups in total. The summed E-state index contributed by atoms with van der Waals surface area (Å²) >= 11 is 0. The van der Waals surface area contributed by atoms with Gasteiger partial charge in [0.1, 0.15) is 12.7 Å². The number of carbonyl (C=O) groups excluding carboxylic acids is 1. The zero-order valence-electron chi connectivity index (χ0n) is 18.0. The molecule has 0 aliphatic heterocycles. The highest BCUT2D eigenvalue weighted by atomic mass is 16.5. The van der Waals surface area contributed by atoms with Crippen LogP contribution in [0.1, 0.15) is 40.7 Å². The number of hydrogen-bond acceptors (Lipinski definition) is 5. The molecule has 1 amide bonds. The number of alkyl carbamates (subject to hydrolysis) is 1. The van der Waals surface area contributed by atoms with Gasteiger partial charge in [-0.15, -0.1) is 0 Å². The highest BCUT2D eigenvalue weighted by Crippen LogP contribution is 2.44. The topological polar surface area (TPSA) is 105 Å². The monoisotopic (exact) mass is 432 g/mol. The van der Waals surface area contributed by atoms with E-state index in [4.69, 9.17) is 10.5 Å². The molecule has 0 radical (unpaired) electrons. The van der Waals surface area contributed by atoms with Crippen molar-refractivity contribution in [2.45, 2.75) is 31.5 Å². The Morgan fingerprint density at radius 2 is 1.66 bits per heavy atom. The van der Waals surface area contributed by atoms with Crippen molar-refractivity contribution in [1.29, 1.82) is 0 Å². The second-order valence-corrected chi connectivity index (χ2v) is 8.17. The van der Waals surface area contributed by atoms with Gasteiger partial charge in [-0.05, 0) is 58.9 Å². The standard InChI is InChI=1S/C26H28N2O4/c1-16-14-17(27)10-11-18(16)25(30)24(29)12-13-28-26(31)32-15-23-21-8-4-2-6-19(21)20-7-3-5-9-22(20)23/h2-11,14,23-25,29-30H,12-13,15,27H2,1H3,(H,28,31). The van der Waals surface area contributed by atoms with Gasteiger partial charge in [-0.1, -0.05) is 54.6 Å². The van der Waals surface area contributed by atoms with Gasteiger partial charge in [0, 0.05) is 18.2 Å². The van der Waals surface area contributed by atoms with Crippen LogP contribution in [0.3, 0.4) is 0 Å². The molecule has 0 heterocycles. The van der Waals surface area contributed by atoms with Crippen LogP contribution in [-0.4, -0.2) is 35.6 Å². The predicted octanol–water partition coefficient (Wildman–Crippen LogP) is 3.90. The van der Waals surface area contributed by atoms with Crippen molar-refractivity contribution in [2.24, 2.45) is 0 Å². The lowest BCUT2D eigenvalue weighted by molar-refractivity contribution is 0.0133. The maximum absolute atomic E-state index is 12.2.